The summed E-state index contributed by atoms with van der Waals surface area (Å²) in [4.78, 5) is -0.0378. The smallest absolute Gasteiger partial charge is 0.239 e. The number of para-hydroxylation sites is 1. The van der Waals surface area contributed by atoms with Crippen molar-refractivity contribution in [2.75, 3.05) is 10.5 Å². The molecule has 0 saturated carbocycles. The highest BCUT2D eigenvalue weighted by molar-refractivity contribution is 7.95. The highest BCUT2D eigenvalue weighted by atomic mass is 32.2. The van der Waals surface area contributed by atoms with E-state index in [1.54, 1.807) is 0 Å². The number of hydrogen-bond donors (Lipinski definition) is 2. The van der Waals surface area contributed by atoms with Crippen LogP contribution in [-0.4, -0.2) is 19.2 Å². The second-order valence-electron chi connectivity index (χ2n) is 3.79. The average Bonchev–Trinajstić information content (AvgIpc) is 2.18. The van der Waals surface area contributed by atoms with Crippen molar-refractivity contribution in [3.63, 3.8) is 0 Å². The number of nitrogens with two attached hydrogens (primary N) is 1. The van der Waals surface area contributed by atoms with Crippen LogP contribution in [0.3, 0.4) is 0 Å². The Kier molecular flexibility index (Phi) is 4.47. The van der Waals surface area contributed by atoms with Crippen LogP contribution in [0.25, 0.3) is 0 Å². The lowest BCUT2D eigenvalue weighted by molar-refractivity contribution is 0.605. The Morgan fingerprint density at radius 2 is 2.12 bits per heavy atom. The first kappa shape index (κ1) is 13.9. The Morgan fingerprint density at radius 1 is 1.47 bits per heavy atom. The normalized spacial score (nSPS) is 11.2. The van der Waals surface area contributed by atoms with E-state index in [2.05, 4.69) is 16.9 Å². The van der Waals surface area contributed by atoms with Crippen LogP contribution in [0, 0.1) is 6.92 Å². The van der Waals surface area contributed by atoms with Crippen molar-refractivity contribution in [2.45, 2.75) is 20.3 Å². The fourth-order valence-electron chi connectivity index (χ4n) is 1.55. The van der Waals surface area contributed by atoms with Crippen LogP contribution in [0.5, 0.6) is 0 Å². The summed E-state index contributed by atoms with van der Waals surface area (Å²) in [6, 6.07) is 5.66. The Morgan fingerprint density at radius 3 is 2.65 bits per heavy atom. The summed E-state index contributed by atoms with van der Waals surface area (Å²) in [7, 11) is -3.51. The fraction of sp³-hybridized carbons (Fsp3) is 0.364. The van der Waals surface area contributed by atoms with Crippen molar-refractivity contribution in [1.82, 2.24) is 0 Å². The maximum Gasteiger partial charge on any atom is 0.239 e. The van der Waals surface area contributed by atoms with Crippen LogP contribution in [0.4, 0.5) is 5.69 Å². The molecule has 0 unspecified atom stereocenters. The number of benzene rings is 1. The summed E-state index contributed by atoms with van der Waals surface area (Å²) in [6.07, 6.45) is 0.757. The van der Waals surface area contributed by atoms with Gasteiger partial charge in [0.1, 0.15) is 5.75 Å². The predicted octanol–water partition coefficient (Wildman–Crippen LogP) is 1.59. The molecule has 0 saturated heterocycles. The van der Waals surface area contributed by atoms with Crippen molar-refractivity contribution in [3.05, 3.63) is 29.3 Å². The van der Waals surface area contributed by atoms with Crippen molar-refractivity contribution in [1.29, 1.82) is 0 Å². The molecule has 0 fully saturated rings. The maximum atomic E-state index is 11.8. The lowest BCUT2D eigenvalue weighted by Gasteiger charge is -2.13. The van der Waals surface area contributed by atoms with Crippen LogP contribution in [0.1, 0.15) is 18.1 Å². The van der Waals surface area contributed by atoms with Gasteiger partial charge in [-0.2, -0.15) is 0 Å². The standard InChI is InChI=1S/C11H16N2O2S2/c1-3-9-6-4-5-8(2)11(9)13-17(14,15)7-10(12)16/h4-6,13H,3,7H2,1-2H3,(H2,12,16). The summed E-state index contributed by atoms with van der Waals surface area (Å²) in [5.41, 5.74) is 7.72. The van der Waals surface area contributed by atoms with Crippen molar-refractivity contribution < 1.29 is 8.42 Å². The molecule has 1 aromatic rings. The highest BCUT2D eigenvalue weighted by Gasteiger charge is 2.15. The lowest BCUT2D eigenvalue weighted by Crippen LogP contribution is -2.27. The molecule has 0 atom stereocenters. The first-order valence-corrected chi connectivity index (χ1v) is 7.29. The molecule has 4 nitrogen and oxygen atoms in total. The van der Waals surface area contributed by atoms with E-state index < -0.39 is 10.0 Å². The number of anilines is 1. The number of aryl methyl sites for hydroxylation is 2. The summed E-state index contributed by atoms with van der Waals surface area (Å²) in [6.45, 7) is 3.83. The number of hydrogen-bond acceptors (Lipinski definition) is 3. The second kappa shape index (κ2) is 5.46. The number of rotatable bonds is 5. The quantitative estimate of drug-likeness (QED) is 0.798. The first-order chi connectivity index (χ1) is 7.85. The highest BCUT2D eigenvalue weighted by Crippen LogP contribution is 2.22. The zero-order valence-corrected chi connectivity index (χ0v) is 11.5. The summed E-state index contributed by atoms with van der Waals surface area (Å²) in [5, 5.41) is 0. The third kappa shape index (κ3) is 3.98. The third-order valence-electron chi connectivity index (χ3n) is 2.33. The van der Waals surface area contributed by atoms with Gasteiger partial charge in [0.25, 0.3) is 0 Å². The molecule has 0 aliphatic carbocycles. The largest absolute Gasteiger partial charge is 0.392 e. The van der Waals surface area contributed by atoms with Gasteiger partial charge in [-0.05, 0) is 24.5 Å². The van der Waals surface area contributed by atoms with E-state index in [0.717, 1.165) is 17.5 Å². The van der Waals surface area contributed by atoms with Gasteiger partial charge in [-0.1, -0.05) is 37.3 Å². The van der Waals surface area contributed by atoms with Gasteiger partial charge in [-0.3, -0.25) is 4.72 Å². The van der Waals surface area contributed by atoms with Crippen LogP contribution >= 0.6 is 12.2 Å². The topological polar surface area (TPSA) is 72.2 Å². The molecule has 0 amide bonds. The SMILES string of the molecule is CCc1cccc(C)c1NS(=O)(=O)CC(N)=S. The van der Waals surface area contributed by atoms with Gasteiger partial charge >= 0.3 is 0 Å². The van der Waals surface area contributed by atoms with E-state index in [0.29, 0.717) is 5.69 Å². The van der Waals surface area contributed by atoms with Crippen LogP contribution in [0.2, 0.25) is 0 Å². The molecular formula is C11H16N2O2S2. The first-order valence-electron chi connectivity index (χ1n) is 5.23. The van der Waals surface area contributed by atoms with Crippen molar-refractivity contribution in [2.24, 2.45) is 5.73 Å². The summed E-state index contributed by atoms with van der Waals surface area (Å²) < 4.78 is 26.0. The van der Waals surface area contributed by atoms with Crippen LogP contribution in [-0.2, 0) is 16.4 Å². The lowest BCUT2D eigenvalue weighted by atomic mass is 10.1. The third-order valence-corrected chi connectivity index (χ3v) is 3.86. The molecule has 0 aliphatic heterocycles. The van der Waals surface area contributed by atoms with Crippen molar-refractivity contribution in [3.8, 4) is 0 Å². The average molecular weight is 272 g/mol. The van der Waals surface area contributed by atoms with Crippen molar-refractivity contribution >= 4 is 32.9 Å². The molecule has 0 aromatic heterocycles. The Hall–Kier alpha value is -1.14. The van der Waals surface area contributed by atoms with Gasteiger partial charge in [0.05, 0.1) is 10.7 Å². The molecule has 0 aliphatic rings. The second-order valence-corrected chi connectivity index (χ2v) is 6.04. The molecule has 0 heterocycles. The van der Waals surface area contributed by atoms with E-state index in [1.165, 1.54) is 0 Å². The molecule has 1 rings (SSSR count). The minimum Gasteiger partial charge on any atom is -0.392 e. The van der Waals surface area contributed by atoms with E-state index in [9.17, 15) is 8.42 Å². The zero-order valence-electron chi connectivity index (χ0n) is 9.86. The van der Waals surface area contributed by atoms with Gasteiger partial charge in [0.15, 0.2) is 0 Å². The van der Waals surface area contributed by atoms with E-state index in [1.807, 2.05) is 32.0 Å². The molecule has 1 aromatic carbocycles. The monoisotopic (exact) mass is 272 g/mol. The predicted molar refractivity (Wildman–Crippen MR) is 74.8 cm³/mol. The van der Waals surface area contributed by atoms with Crippen LogP contribution in [0.15, 0.2) is 18.2 Å². The summed E-state index contributed by atoms with van der Waals surface area (Å²) in [5.74, 6) is -0.334. The van der Waals surface area contributed by atoms with Crippen LogP contribution < -0.4 is 10.5 Å². The maximum absolute atomic E-state index is 11.8. The summed E-state index contributed by atoms with van der Waals surface area (Å²) >= 11 is 4.61. The zero-order chi connectivity index (χ0) is 13.1. The van der Waals surface area contributed by atoms with Gasteiger partial charge in [0, 0.05) is 0 Å². The Bertz CT molecular complexity index is 524. The Balaban J connectivity index is 3.07. The number of thiocarbonyl (C=S) groups is 1. The number of sulfonamides is 1. The Labute approximate surface area is 107 Å². The van der Waals surface area contributed by atoms with Gasteiger partial charge in [0.2, 0.25) is 10.0 Å². The van der Waals surface area contributed by atoms with E-state index in [4.69, 9.17) is 5.73 Å². The van der Waals surface area contributed by atoms with E-state index in [-0.39, 0.29) is 10.7 Å². The molecule has 0 spiro atoms. The molecule has 6 heteroatoms. The van der Waals surface area contributed by atoms with E-state index >= 15 is 0 Å². The molecule has 0 bridgehead atoms. The van der Waals surface area contributed by atoms with Gasteiger partial charge < -0.3 is 5.73 Å². The van der Waals surface area contributed by atoms with Gasteiger partial charge in [-0.25, -0.2) is 8.42 Å². The molecular weight excluding hydrogens is 256 g/mol. The molecule has 17 heavy (non-hydrogen) atoms. The molecule has 0 radical (unpaired) electrons. The molecule has 3 N–H and O–H groups in total. The minimum atomic E-state index is -3.51. The minimum absolute atomic E-state index is 0.0378. The van der Waals surface area contributed by atoms with Gasteiger partial charge in [-0.15, -0.1) is 0 Å². The number of nitrogens with one attached hydrogen (secondary N) is 1. The molecule has 94 valence electrons. The fourth-order valence-corrected chi connectivity index (χ4v) is 3.06.